The number of halogens is 3. The van der Waals surface area contributed by atoms with Gasteiger partial charge < -0.3 is 4.42 Å². The number of nitrogens with zero attached hydrogens (tertiary/aromatic N) is 1. The highest BCUT2D eigenvalue weighted by Crippen LogP contribution is 2.30. The lowest BCUT2D eigenvalue weighted by Gasteiger charge is -2.10. The highest BCUT2D eigenvalue weighted by atomic mass is 79.9. The molecule has 6 nitrogen and oxygen atoms in total. The van der Waals surface area contributed by atoms with Crippen LogP contribution in [0, 0.1) is 5.82 Å². The quantitative estimate of drug-likeness (QED) is 0.653. The zero-order chi connectivity index (χ0) is 18.4. The van der Waals surface area contributed by atoms with Crippen LogP contribution < -0.4 is 10.5 Å². The zero-order valence-electron chi connectivity index (χ0n) is 12.7. The smallest absolute Gasteiger partial charge is 0.408 e. The summed E-state index contributed by atoms with van der Waals surface area (Å²) in [5.41, 5.74) is 0.228. The highest BCUT2D eigenvalue weighted by Gasteiger charge is 2.23. The van der Waals surface area contributed by atoms with Gasteiger partial charge in [0, 0.05) is 17.1 Å². The van der Waals surface area contributed by atoms with Crippen LogP contribution >= 0.6 is 27.5 Å². The number of aryl methyl sites for hydroxylation is 1. The predicted molar refractivity (Wildman–Crippen MR) is 96.1 cm³/mol. The predicted octanol–water partition coefficient (Wildman–Crippen LogP) is 3.97. The summed E-state index contributed by atoms with van der Waals surface area (Å²) in [5.74, 6) is -1.37. The molecule has 0 aliphatic rings. The van der Waals surface area contributed by atoms with Gasteiger partial charge in [0.25, 0.3) is 10.0 Å². The number of benzene rings is 2. The van der Waals surface area contributed by atoms with Crippen molar-refractivity contribution in [3.8, 4) is 0 Å². The molecule has 10 heteroatoms. The Morgan fingerprint density at radius 1 is 1.32 bits per heavy atom. The van der Waals surface area contributed by atoms with Gasteiger partial charge in [-0.15, -0.1) is 0 Å². The van der Waals surface area contributed by atoms with Crippen LogP contribution in [0.5, 0.6) is 0 Å². The minimum atomic E-state index is -4.19. The third kappa shape index (κ3) is 3.31. The average molecular weight is 450 g/mol. The number of hydrogen-bond acceptors (Lipinski definition) is 4. The van der Waals surface area contributed by atoms with Crippen LogP contribution in [0.25, 0.3) is 11.1 Å². The Kier molecular flexibility index (Phi) is 4.65. The molecule has 0 atom stereocenters. The molecule has 0 bridgehead atoms. The molecule has 1 aromatic heterocycles. The van der Waals surface area contributed by atoms with Crippen molar-refractivity contribution in [2.75, 3.05) is 4.72 Å². The van der Waals surface area contributed by atoms with Crippen molar-refractivity contribution >= 4 is 54.3 Å². The minimum absolute atomic E-state index is 0.0768. The van der Waals surface area contributed by atoms with Crippen LogP contribution in [0.15, 0.2) is 48.9 Å². The molecular formula is C15H11BrClFN2O4S. The summed E-state index contributed by atoms with van der Waals surface area (Å²) in [6, 6.07) is 6.37. The third-order valence-corrected chi connectivity index (χ3v) is 5.83. The van der Waals surface area contributed by atoms with Crippen LogP contribution in [-0.4, -0.2) is 13.0 Å². The highest BCUT2D eigenvalue weighted by molar-refractivity contribution is 9.10. The van der Waals surface area contributed by atoms with Crippen molar-refractivity contribution in [1.82, 2.24) is 4.57 Å². The number of nitrogens with one attached hydrogen (secondary N) is 1. The second-order valence-corrected chi connectivity index (χ2v) is 8.07. The van der Waals surface area contributed by atoms with Gasteiger partial charge in [0.15, 0.2) is 5.58 Å². The van der Waals surface area contributed by atoms with Crippen LogP contribution in [0.4, 0.5) is 10.1 Å². The second-order valence-electron chi connectivity index (χ2n) is 5.09. The van der Waals surface area contributed by atoms with Crippen molar-refractivity contribution in [2.24, 2.45) is 0 Å². The van der Waals surface area contributed by atoms with Gasteiger partial charge in [0.1, 0.15) is 10.7 Å². The lowest BCUT2D eigenvalue weighted by molar-refractivity contribution is 0.512. The molecule has 0 saturated heterocycles. The minimum Gasteiger partial charge on any atom is -0.408 e. The summed E-state index contributed by atoms with van der Waals surface area (Å²) in [6.07, 6.45) is 0. The zero-order valence-corrected chi connectivity index (χ0v) is 15.9. The molecule has 3 rings (SSSR count). The van der Waals surface area contributed by atoms with Gasteiger partial charge in [0.05, 0.1) is 16.2 Å². The van der Waals surface area contributed by atoms with E-state index in [0.717, 1.165) is 12.1 Å². The Bertz CT molecular complexity index is 1140. The Morgan fingerprint density at radius 3 is 2.68 bits per heavy atom. The Labute approximate surface area is 155 Å². The molecule has 1 N–H and O–H groups in total. The molecule has 0 aliphatic carbocycles. The standard InChI is InChI=1S/C15H11BrClFN2O4S/c1-2-20-12-6-9(17)14(7-13(12)24-15(20)21)25(22,23)19-11-4-3-8(16)5-10(11)18/h3-7,19H,2H2,1H3. The van der Waals surface area contributed by atoms with E-state index in [2.05, 4.69) is 20.7 Å². The van der Waals surface area contributed by atoms with Crippen molar-refractivity contribution in [2.45, 2.75) is 18.4 Å². The van der Waals surface area contributed by atoms with E-state index in [1.807, 2.05) is 0 Å². The van der Waals surface area contributed by atoms with E-state index in [1.54, 1.807) is 6.92 Å². The summed E-state index contributed by atoms with van der Waals surface area (Å²) >= 11 is 9.17. The first-order valence-corrected chi connectivity index (χ1v) is 9.69. The fourth-order valence-corrected chi connectivity index (χ4v) is 4.28. The summed E-state index contributed by atoms with van der Waals surface area (Å²) in [7, 11) is -4.19. The topological polar surface area (TPSA) is 81.3 Å². The molecule has 0 radical (unpaired) electrons. The van der Waals surface area contributed by atoms with Crippen LogP contribution in [0.1, 0.15) is 6.92 Å². The van der Waals surface area contributed by atoms with Gasteiger partial charge in [-0.25, -0.2) is 17.6 Å². The maximum absolute atomic E-state index is 13.9. The van der Waals surface area contributed by atoms with Crippen LogP contribution in [0.3, 0.4) is 0 Å². The van der Waals surface area contributed by atoms with E-state index in [0.29, 0.717) is 16.5 Å². The van der Waals surface area contributed by atoms with Crippen molar-refractivity contribution in [1.29, 1.82) is 0 Å². The number of aromatic nitrogens is 1. The number of rotatable bonds is 4. The van der Waals surface area contributed by atoms with Gasteiger partial charge in [-0.1, -0.05) is 27.5 Å². The molecule has 0 spiro atoms. The SMILES string of the molecule is CCn1c(=O)oc2cc(S(=O)(=O)Nc3ccc(Br)cc3F)c(Cl)cc21. The molecule has 2 aromatic carbocycles. The van der Waals surface area contributed by atoms with Gasteiger partial charge in [0.2, 0.25) is 0 Å². The van der Waals surface area contributed by atoms with Crippen molar-refractivity contribution in [3.05, 3.63) is 56.2 Å². The van der Waals surface area contributed by atoms with E-state index in [1.165, 1.54) is 22.8 Å². The average Bonchev–Trinajstić information content (AvgIpc) is 2.83. The van der Waals surface area contributed by atoms with Crippen LogP contribution in [-0.2, 0) is 16.6 Å². The Hall–Kier alpha value is -1.84. The molecule has 25 heavy (non-hydrogen) atoms. The third-order valence-electron chi connectivity index (χ3n) is 3.50. The van der Waals surface area contributed by atoms with Gasteiger partial charge in [-0.05, 0) is 31.2 Å². The monoisotopic (exact) mass is 448 g/mol. The summed E-state index contributed by atoms with van der Waals surface area (Å²) in [4.78, 5) is 11.4. The van der Waals surface area contributed by atoms with Gasteiger partial charge in [-0.2, -0.15) is 0 Å². The number of sulfonamides is 1. The Balaban J connectivity index is 2.11. The van der Waals surface area contributed by atoms with E-state index in [-0.39, 0.29) is 21.2 Å². The lowest BCUT2D eigenvalue weighted by Crippen LogP contribution is -2.15. The molecule has 0 amide bonds. The van der Waals surface area contributed by atoms with Crippen LogP contribution in [0.2, 0.25) is 5.02 Å². The fourth-order valence-electron chi connectivity index (χ4n) is 2.34. The number of hydrogen-bond donors (Lipinski definition) is 1. The number of fused-ring (bicyclic) bond motifs is 1. The molecule has 1 heterocycles. The summed E-state index contributed by atoms with van der Waals surface area (Å²) in [5, 5.41) is -0.111. The van der Waals surface area contributed by atoms with E-state index in [9.17, 15) is 17.6 Å². The van der Waals surface area contributed by atoms with E-state index in [4.69, 9.17) is 16.0 Å². The van der Waals surface area contributed by atoms with Crippen molar-refractivity contribution < 1.29 is 17.2 Å². The van der Waals surface area contributed by atoms with Gasteiger partial charge in [-0.3, -0.25) is 9.29 Å². The fraction of sp³-hybridized carbons (Fsp3) is 0.133. The molecule has 0 saturated carbocycles. The molecule has 0 aliphatic heterocycles. The molecule has 3 aromatic rings. The van der Waals surface area contributed by atoms with Crippen molar-refractivity contribution in [3.63, 3.8) is 0 Å². The largest absolute Gasteiger partial charge is 0.419 e. The normalized spacial score (nSPS) is 11.8. The summed E-state index contributed by atoms with van der Waals surface area (Å²) < 4.78 is 48.0. The Morgan fingerprint density at radius 2 is 2.04 bits per heavy atom. The van der Waals surface area contributed by atoms with Gasteiger partial charge >= 0.3 is 5.76 Å². The first kappa shape index (κ1) is 18.0. The molecule has 0 fully saturated rings. The number of anilines is 1. The molecular weight excluding hydrogens is 439 g/mol. The molecule has 132 valence electrons. The first-order chi connectivity index (χ1) is 11.7. The summed E-state index contributed by atoms with van der Waals surface area (Å²) in [6.45, 7) is 2.09. The maximum atomic E-state index is 13.9. The molecule has 0 unspecified atom stereocenters. The van der Waals surface area contributed by atoms with E-state index >= 15 is 0 Å². The second kappa shape index (κ2) is 6.47. The number of oxazole rings is 1. The maximum Gasteiger partial charge on any atom is 0.419 e. The first-order valence-electron chi connectivity index (χ1n) is 7.03. The van der Waals surface area contributed by atoms with E-state index < -0.39 is 21.6 Å². The lowest BCUT2D eigenvalue weighted by atomic mass is 10.3.